The fourth-order valence-corrected chi connectivity index (χ4v) is 3.49. The van der Waals surface area contributed by atoms with Gasteiger partial charge in [0.1, 0.15) is 5.52 Å². The molecule has 5 nitrogen and oxygen atoms in total. The van der Waals surface area contributed by atoms with Gasteiger partial charge >= 0.3 is 5.97 Å². The number of aliphatic carboxylic acids is 1. The molecule has 0 fully saturated rings. The number of aromatic nitrogens is 3. The number of thioether (sulfide) groups is 1. The van der Waals surface area contributed by atoms with Gasteiger partial charge in [-0.3, -0.25) is 4.79 Å². The Bertz CT molecular complexity index is 622. The Hall–Kier alpha value is -1.56. The maximum Gasteiger partial charge on any atom is 0.313 e. The van der Waals surface area contributed by atoms with Crippen molar-refractivity contribution in [1.29, 1.82) is 0 Å². The van der Waals surface area contributed by atoms with E-state index in [-0.39, 0.29) is 11.8 Å². The summed E-state index contributed by atoms with van der Waals surface area (Å²) in [5.74, 6) is -0.297. The van der Waals surface area contributed by atoms with E-state index in [2.05, 4.69) is 35.3 Å². The summed E-state index contributed by atoms with van der Waals surface area (Å²) in [5, 5.41) is 9.65. The number of carbonyl (C=O) groups is 1. The summed E-state index contributed by atoms with van der Waals surface area (Å²) >= 11 is 1.26. The number of carboxylic acid groups (broad SMARTS) is 1. The van der Waals surface area contributed by atoms with E-state index in [1.54, 1.807) is 6.20 Å². The molecule has 1 atom stereocenters. The Morgan fingerprint density at radius 3 is 2.76 bits per heavy atom. The highest BCUT2D eigenvalue weighted by Gasteiger charge is 2.22. The Morgan fingerprint density at radius 1 is 1.43 bits per heavy atom. The fraction of sp³-hybridized carbons (Fsp3) is 0.533. The van der Waals surface area contributed by atoms with Crippen LogP contribution in [0.2, 0.25) is 0 Å². The first-order chi connectivity index (χ1) is 10.1. The standard InChI is InChI=1S/C15H21N3O2S/c1-4-11(5-2)10(3)18-14-12(7-6-8-16-14)17-15(18)21-9-13(19)20/h6-8,10-11H,4-5,9H2,1-3H3,(H,19,20). The van der Waals surface area contributed by atoms with Crippen LogP contribution in [0.3, 0.4) is 0 Å². The lowest BCUT2D eigenvalue weighted by Crippen LogP contribution is -2.17. The number of pyridine rings is 1. The minimum absolute atomic E-state index is 0.0129. The summed E-state index contributed by atoms with van der Waals surface area (Å²) in [6.45, 7) is 6.53. The number of carboxylic acids is 1. The summed E-state index contributed by atoms with van der Waals surface area (Å²) in [5.41, 5.74) is 1.66. The number of rotatable bonds is 7. The minimum atomic E-state index is -0.832. The zero-order valence-electron chi connectivity index (χ0n) is 12.6. The molecule has 0 aliphatic carbocycles. The van der Waals surface area contributed by atoms with Gasteiger partial charge in [0.2, 0.25) is 0 Å². The third-order valence-electron chi connectivity index (χ3n) is 3.88. The summed E-state index contributed by atoms with van der Waals surface area (Å²) in [7, 11) is 0. The largest absolute Gasteiger partial charge is 0.481 e. The summed E-state index contributed by atoms with van der Waals surface area (Å²) in [6, 6.07) is 4.02. The molecule has 2 aromatic heterocycles. The quantitative estimate of drug-likeness (QED) is 0.791. The van der Waals surface area contributed by atoms with E-state index in [4.69, 9.17) is 5.11 Å². The molecule has 0 spiro atoms. The molecule has 0 radical (unpaired) electrons. The molecule has 2 heterocycles. The lowest BCUT2D eigenvalue weighted by atomic mass is 9.95. The summed E-state index contributed by atoms with van der Waals surface area (Å²) in [4.78, 5) is 19.8. The van der Waals surface area contributed by atoms with E-state index in [0.717, 1.165) is 29.2 Å². The predicted molar refractivity (Wildman–Crippen MR) is 84.7 cm³/mol. The average Bonchev–Trinajstić information content (AvgIpc) is 2.84. The van der Waals surface area contributed by atoms with Gasteiger partial charge in [0.15, 0.2) is 10.8 Å². The van der Waals surface area contributed by atoms with E-state index >= 15 is 0 Å². The second kappa shape index (κ2) is 6.93. The molecule has 2 aromatic rings. The van der Waals surface area contributed by atoms with Gasteiger partial charge in [-0.2, -0.15) is 0 Å². The Morgan fingerprint density at radius 2 is 2.14 bits per heavy atom. The van der Waals surface area contributed by atoms with Crippen LogP contribution in [-0.2, 0) is 4.79 Å². The summed E-state index contributed by atoms with van der Waals surface area (Å²) < 4.78 is 2.10. The van der Waals surface area contributed by atoms with Crippen molar-refractivity contribution in [2.75, 3.05) is 5.75 Å². The van der Waals surface area contributed by atoms with E-state index in [0.29, 0.717) is 5.92 Å². The predicted octanol–water partition coefficient (Wildman–Crippen LogP) is 3.61. The molecule has 0 amide bonds. The van der Waals surface area contributed by atoms with Crippen molar-refractivity contribution < 1.29 is 9.90 Å². The number of fused-ring (bicyclic) bond motifs is 1. The van der Waals surface area contributed by atoms with E-state index in [1.807, 2.05) is 12.1 Å². The minimum Gasteiger partial charge on any atom is -0.481 e. The third kappa shape index (κ3) is 3.37. The first-order valence-corrected chi connectivity index (χ1v) is 8.24. The van der Waals surface area contributed by atoms with Crippen molar-refractivity contribution >= 4 is 28.9 Å². The second-order valence-corrected chi connectivity index (χ2v) is 6.05. The highest BCUT2D eigenvalue weighted by atomic mass is 32.2. The first-order valence-electron chi connectivity index (χ1n) is 7.26. The monoisotopic (exact) mass is 307 g/mol. The van der Waals surface area contributed by atoms with Gasteiger partial charge in [-0.1, -0.05) is 38.5 Å². The van der Waals surface area contributed by atoms with Crippen molar-refractivity contribution in [2.45, 2.75) is 44.8 Å². The summed E-state index contributed by atoms with van der Waals surface area (Å²) in [6.07, 6.45) is 3.91. The number of imidazole rings is 1. The Labute approximate surface area is 128 Å². The van der Waals surface area contributed by atoms with Crippen LogP contribution in [0, 0.1) is 5.92 Å². The molecule has 1 N–H and O–H groups in total. The molecular weight excluding hydrogens is 286 g/mol. The lowest BCUT2D eigenvalue weighted by molar-refractivity contribution is -0.133. The zero-order chi connectivity index (χ0) is 15.4. The molecule has 0 saturated heterocycles. The van der Waals surface area contributed by atoms with Crippen LogP contribution in [-0.4, -0.2) is 31.4 Å². The molecule has 0 aliphatic rings. The molecule has 114 valence electrons. The van der Waals surface area contributed by atoms with Crippen LogP contribution in [0.5, 0.6) is 0 Å². The van der Waals surface area contributed by atoms with Gasteiger partial charge in [0, 0.05) is 12.2 Å². The van der Waals surface area contributed by atoms with Crippen LogP contribution < -0.4 is 0 Å². The average molecular weight is 307 g/mol. The topological polar surface area (TPSA) is 68.0 Å². The number of hydrogen-bond acceptors (Lipinski definition) is 4. The van der Waals surface area contributed by atoms with E-state index in [9.17, 15) is 4.79 Å². The molecule has 21 heavy (non-hydrogen) atoms. The molecule has 6 heteroatoms. The van der Waals surface area contributed by atoms with Crippen molar-refractivity contribution in [3.05, 3.63) is 18.3 Å². The SMILES string of the molecule is CCC(CC)C(C)n1c(SCC(=O)O)nc2cccnc21. The first kappa shape index (κ1) is 15.8. The normalized spacial score (nSPS) is 13.0. The molecule has 0 aliphatic heterocycles. The van der Waals surface area contributed by atoms with Crippen molar-refractivity contribution in [2.24, 2.45) is 5.92 Å². The number of hydrogen-bond donors (Lipinski definition) is 1. The van der Waals surface area contributed by atoms with Crippen LogP contribution in [0.1, 0.15) is 39.7 Å². The number of nitrogens with zero attached hydrogens (tertiary/aromatic N) is 3. The molecule has 0 saturated carbocycles. The Kier molecular flexibility index (Phi) is 5.22. The van der Waals surface area contributed by atoms with Gasteiger partial charge < -0.3 is 9.67 Å². The van der Waals surface area contributed by atoms with Gasteiger partial charge in [0.25, 0.3) is 0 Å². The van der Waals surface area contributed by atoms with E-state index in [1.165, 1.54) is 11.8 Å². The van der Waals surface area contributed by atoms with Crippen molar-refractivity contribution in [1.82, 2.24) is 14.5 Å². The highest BCUT2D eigenvalue weighted by Crippen LogP contribution is 2.32. The third-order valence-corrected chi connectivity index (χ3v) is 4.82. The zero-order valence-corrected chi connectivity index (χ0v) is 13.4. The van der Waals surface area contributed by atoms with Crippen LogP contribution in [0.25, 0.3) is 11.2 Å². The van der Waals surface area contributed by atoms with Crippen LogP contribution in [0.15, 0.2) is 23.5 Å². The van der Waals surface area contributed by atoms with Crippen molar-refractivity contribution in [3.63, 3.8) is 0 Å². The van der Waals surface area contributed by atoms with Crippen molar-refractivity contribution in [3.8, 4) is 0 Å². The van der Waals surface area contributed by atoms with Crippen LogP contribution >= 0.6 is 11.8 Å². The molecule has 0 bridgehead atoms. The Balaban J connectivity index is 2.46. The molecular formula is C15H21N3O2S. The maximum atomic E-state index is 10.8. The smallest absolute Gasteiger partial charge is 0.313 e. The van der Waals surface area contributed by atoms with Gasteiger partial charge in [-0.25, -0.2) is 9.97 Å². The van der Waals surface area contributed by atoms with Gasteiger partial charge in [0.05, 0.1) is 5.75 Å². The lowest BCUT2D eigenvalue weighted by Gasteiger charge is -2.24. The van der Waals surface area contributed by atoms with E-state index < -0.39 is 5.97 Å². The fourth-order valence-electron chi connectivity index (χ4n) is 2.69. The second-order valence-electron chi connectivity index (χ2n) is 5.11. The van der Waals surface area contributed by atoms with Gasteiger partial charge in [-0.05, 0) is 25.0 Å². The molecule has 1 unspecified atom stereocenters. The molecule has 0 aromatic carbocycles. The molecule has 2 rings (SSSR count). The van der Waals surface area contributed by atoms with Crippen LogP contribution in [0.4, 0.5) is 0 Å². The highest BCUT2D eigenvalue weighted by molar-refractivity contribution is 7.99. The maximum absolute atomic E-state index is 10.8. The van der Waals surface area contributed by atoms with Gasteiger partial charge in [-0.15, -0.1) is 0 Å².